The van der Waals surface area contributed by atoms with Crippen LogP contribution in [0.15, 0.2) is 4.42 Å². The normalized spacial score (nSPS) is 27.0. The van der Waals surface area contributed by atoms with Crippen molar-refractivity contribution in [1.29, 1.82) is 0 Å². The van der Waals surface area contributed by atoms with E-state index in [1.165, 1.54) is 25.7 Å². The topological polar surface area (TPSA) is 51.0 Å². The molecule has 0 spiro atoms. The SMILES string of the molecule is CCc1nnc([C@H](C)N[C@H]2CCCC[C@@H]2C)o1. The second kappa shape index (κ2) is 5.63. The summed E-state index contributed by atoms with van der Waals surface area (Å²) in [7, 11) is 0. The van der Waals surface area contributed by atoms with Crippen molar-refractivity contribution in [2.45, 2.75) is 65.0 Å². The lowest BCUT2D eigenvalue weighted by Gasteiger charge is -2.31. The van der Waals surface area contributed by atoms with Crippen molar-refractivity contribution in [1.82, 2.24) is 15.5 Å². The molecule has 2 rings (SSSR count). The van der Waals surface area contributed by atoms with Crippen molar-refractivity contribution in [3.05, 3.63) is 11.8 Å². The van der Waals surface area contributed by atoms with E-state index in [0.717, 1.165) is 24.1 Å². The molecule has 0 aromatic carbocycles. The number of hydrogen-bond acceptors (Lipinski definition) is 4. The monoisotopic (exact) mass is 237 g/mol. The Hall–Kier alpha value is -0.900. The molecule has 1 heterocycles. The van der Waals surface area contributed by atoms with Crippen LogP contribution in [-0.2, 0) is 6.42 Å². The fourth-order valence-electron chi connectivity index (χ4n) is 2.54. The number of aryl methyl sites for hydroxylation is 1. The van der Waals surface area contributed by atoms with Gasteiger partial charge >= 0.3 is 0 Å². The third kappa shape index (κ3) is 3.06. The van der Waals surface area contributed by atoms with Crippen LogP contribution in [0.4, 0.5) is 0 Å². The summed E-state index contributed by atoms with van der Waals surface area (Å²) in [6.45, 7) is 6.46. The maximum absolute atomic E-state index is 5.59. The van der Waals surface area contributed by atoms with E-state index in [-0.39, 0.29) is 6.04 Å². The first-order chi connectivity index (χ1) is 8.20. The lowest BCUT2D eigenvalue weighted by molar-refractivity contribution is 0.249. The fraction of sp³-hybridized carbons (Fsp3) is 0.846. The molecule has 1 saturated carbocycles. The van der Waals surface area contributed by atoms with Crippen LogP contribution >= 0.6 is 0 Å². The molecule has 1 aliphatic rings. The average Bonchev–Trinajstić information content (AvgIpc) is 2.81. The molecule has 1 fully saturated rings. The molecule has 17 heavy (non-hydrogen) atoms. The molecule has 1 aromatic heterocycles. The summed E-state index contributed by atoms with van der Waals surface area (Å²) in [5, 5.41) is 11.7. The average molecular weight is 237 g/mol. The largest absolute Gasteiger partial charge is 0.424 e. The van der Waals surface area contributed by atoms with E-state index in [9.17, 15) is 0 Å². The Bertz CT molecular complexity index is 350. The van der Waals surface area contributed by atoms with Gasteiger partial charge in [0.15, 0.2) is 0 Å². The van der Waals surface area contributed by atoms with Gasteiger partial charge in [-0.2, -0.15) is 0 Å². The van der Waals surface area contributed by atoms with Crippen LogP contribution in [0.1, 0.15) is 64.3 Å². The maximum atomic E-state index is 5.59. The van der Waals surface area contributed by atoms with Crippen LogP contribution in [0.3, 0.4) is 0 Å². The second-order valence-electron chi connectivity index (χ2n) is 5.14. The first kappa shape index (κ1) is 12.6. The molecule has 96 valence electrons. The van der Waals surface area contributed by atoms with E-state index in [1.807, 2.05) is 6.92 Å². The van der Waals surface area contributed by atoms with Crippen LogP contribution in [0.25, 0.3) is 0 Å². The molecule has 0 radical (unpaired) electrons. The van der Waals surface area contributed by atoms with E-state index >= 15 is 0 Å². The second-order valence-corrected chi connectivity index (χ2v) is 5.14. The highest BCUT2D eigenvalue weighted by Gasteiger charge is 2.24. The lowest BCUT2D eigenvalue weighted by atomic mass is 9.85. The smallest absolute Gasteiger partial charge is 0.233 e. The van der Waals surface area contributed by atoms with Crippen molar-refractivity contribution in [3.8, 4) is 0 Å². The van der Waals surface area contributed by atoms with Crippen LogP contribution in [0.2, 0.25) is 0 Å². The minimum atomic E-state index is 0.161. The zero-order chi connectivity index (χ0) is 12.3. The molecular formula is C13H23N3O. The van der Waals surface area contributed by atoms with Crippen LogP contribution in [0.5, 0.6) is 0 Å². The summed E-state index contributed by atoms with van der Waals surface area (Å²) in [5.74, 6) is 2.20. The van der Waals surface area contributed by atoms with Crippen molar-refractivity contribution >= 4 is 0 Å². The van der Waals surface area contributed by atoms with Gasteiger partial charge in [0.05, 0.1) is 6.04 Å². The van der Waals surface area contributed by atoms with E-state index in [1.54, 1.807) is 0 Å². The Morgan fingerprint density at radius 3 is 2.76 bits per heavy atom. The van der Waals surface area contributed by atoms with Gasteiger partial charge in [0.2, 0.25) is 11.8 Å². The molecule has 0 saturated heterocycles. The van der Waals surface area contributed by atoms with E-state index < -0.39 is 0 Å². The molecule has 3 atom stereocenters. The van der Waals surface area contributed by atoms with Crippen molar-refractivity contribution < 1.29 is 4.42 Å². The molecule has 0 amide bonds. The van der Waals surface area contributed by atoms with Crippen molar-refractivity contribution in [3.63, 3.8) is 0 Å². The number of hydrogen-bond donors (Lipinski definition) is 1. The van der Waals surface area contributed by atoms with Gasteiger partial charge in [-0.05, 0) is 25.7 Å². The lowest BCUT2D eigenvalue weighted by Crippen LogP contribution is -2.38. The number of nitrogens with one attached hydrogen (secondary N) is 1. The highest BCUT2D eigenvalue weighted by atomic mass is 16.4. The standard InChI is InChI=1S/C13H23N3O/c1-4-12-15-16-13(17-12)10(3)14-11-8-6-5-7-9(11)2/h9-11,14H,4-8H2,1-3H3/t9-,10-,11-/m0/s1. The Balaban J connectivity index is 1.93. The highest BCUT2D eigenvalue weighted by Crippen LogP contribution is 2.26. The highest BCUT2D eigenvalue weighted by molar-refractivity contribution is 4.91. The number of rotatable bonds is 4. The summed E-state index contributed by atoms with van der Waals surface area (Å²) in [5.41, 5.74) is 0. The van der Waals surface area contributed by atoms with Crippen LogP contribution in [0, 0.1) is 5.92 Å². The molecule has 4 nitrogen and oxygen atoms in total. The fourth-order valence-corrected chi connectivity index (χ4v) is 2.54. The Morgan fingerprint density at radius 1 is 1.35 bits per heavy atom. The Kier molecular flexibility index (Phi) is 4.15. The van der Waals surface area contributed by atoms with E-state index in [4.69, 9.17) is 4.42 Å². The third-order valence-electron chi connectivity index (χ3n) is 3.73. The maximum Gasteiger partial charge on any atom is 0.233 e. The summed E-state index contributed by atoms with van der Waals surface area (Å²) in [6.07, 6.45) is 6.10. The van der Waals surface area contributed by atoms with Crippen LogP contribution < -0.4 is 5.32 Å². The van der Waals surface area contributed by atoms with Gasteiger partial charge in [0.25, 0.3) is 0 Å². The Labute approximate surface area is 103 Å². The summed E-state index contributed by atoms with van der Waals surface area (Å²) >= 11 is 0. The van der Waals surface area contributed by atoms with Crippen molar-refractivity contribution in [2.75, 3.05) is 0 Å². The van der Waals surface area contributed by atoms with E-state index in [2.05, 4.69) is 29.4 Å². The molecule has 4 heteroatoms. The quantitative estimate of drug-likeness (QED) is 0.874. The van der Waals surface area contributed by atoms with Gasteiger partial charge in [0.1, 0.15) is 0 Å². The molecule has 1 aliphatic carbocycles. The molecule has 1 aromatic rings. The van der Waals surface area contributed by atoms with Gasteiger partial charge in [-0.25, -0.2) is 0 Å². The minimum Gasteiger partial charge on any atom is -0.424 e. The van der Waals surface area contributed by atoms with Crippen LogP contribution in [-0.4, -0.2) is 16.2 Å². The molecule has 1 N–H and O–H groups in total. The number of nitrogens with zero attached hydrogens (tertiary/aromatic N) is 2. The van der Waals surface area contributed by atoms with Gasteiger partial charge in [-0.15, -0.1) is 10.2 Å². The summed E-state index contributed by atoms with van der Waals surface area (Å²) in [4.78, 5) is 0. The van der Waals surface area contributed by atoms with Gasteiger partial charge < -0.3 is 9.73 Å². The summed E-state index contributed by atoms with van der Waals surface area (Å²) in [6, 6.07) is 0.754. The zero-order valence-corrected chi connectivity index (χ0v) is 11.1. The van der Waals surface area contributed by atoms with E-state index in [0.29, 0.717) is 6.04 Å². The number of aromatic nitrogens is 2. The Morgan fingerprint density at radius 2 is 2.12 bits per heavy atom. The first-order valence-electron chi connectivity index (χ1n) is 6.79. The third-order valence-corrected chi connectivity index (χ3v) is 3.73. The van der Waals surface area contributed by atoms with Gasteiger partial charge in [0, 0.05) is 12.5 Å². The molecule has 0 bridgehead atoms. The predicted octanol–water partition coefficient (Wildman–Crippen LogP) is 2.86. The summed E-state index contributed by atoms with van der Waals surface area (Å²) < 4.78 is 5.59. The molecule has 0 aliphatic heterocycles. The molecule has 0 unspecified atom stereocenters. The molecular weight excluding hydrogens is 214 g/mol. The minimum absolute atomic E-state index is 0.161. The van der Waals surface area contributed by atoms with Gasteiger partial charge in [-0.1, -0.05) is 26.7 Å². The van der Waals surface area contributed by atoms with Crippen molar-refractivity contribution in [2.24, 2.45) is 5.92 Å². The zero-order valence-electron chi connectivity index (χ0n) is 11.1. The predicted molar refractivity (Wildman–Crippen MR) is 66.6 cm³/mol. The first-order valence-corrected chi connectivity index (χ1v) is 6.79. The van der Waals surface area contributed by atoms with Gasteiger partial charge in [-0.3, -0.25) is 0 Å².